The van der Waals surface area contributed by atoms with E-state index in [1.165, 1.54) is 37.3 Å². The number of nitrogens with zero attached hydrogens (tertiary/aromatic N) is 2. The van der Waals surface area contributed by atoms with Gasteiger partial charge in [0.1, 0.15) is 24.1 Å². The van der Waals surface area contributed by atoms with E-state index in [2.05, 4.69) is 5.32 Å². The van der Waals surface area contributed by atoms with Crippen LogP contribution in [-0.4, -0.2) is 58.0 Å². The molecule has 1 N–H and O–H groups in total. The summed E-state index contributed by atoms with van der Waals surface area (Å²) in [6.07, 6.45) is 5.45. The molecule has 4 rings (SSSR count). The van der Waals surface area contributed by atoms with Gasteiger partial charge in [-0.2, -0.15) is 0 Å². The number of benzene rings is 3. The molecule has 1 atom stereocenters. The maximum atomic E-state index is 14.4. The second-order valence-corrected chi connectivity index (χ2v) is 13.5. The second kappa shape index (κ2) is 15.3. The van der Waals surface area contributed by atoms with Crippen LogP contribution in [0, 0.1) is 13.8 Å². The van der Waals surface area contributed by atoms with E-state index in [4.69, 9.17) is 9.47 Å². The Morgan fingerprint density at radius 2 is 1.51 bits per heavy atom. The molecule has 10 heteroatoms. The number of carbonyl (C=O) groups excluding carboxylic acids is 2. The Kier molecular flexibility index (Phi) is 11.5. The molecule has 0 aromatic heterocycles. The van der Waals surface area contributed by atoms with Crippen molar-refractivity contribution in [3.63, 3.8) is 0 Å². The Morgan fingerprint density at radius 3 is 2.09 bits per heavy atom. The molecule has 242 valence electrons. The molecule has 1 unspecified atom stereocenters. The zero-order valence-corrected chi connectivity index (χ0v) is 27.7. The van der Waals surface area contributed by atoms with E-state index < -0.39 is 28.5 Å². The molecule has 1 fully saturated rings. The summed E-state index contributed by atoms with van der Waals surface area (Å²) in [6, 6.07) is 18.3. The molecule has 1 saturated carbocycles. The average Bonchev–Trinajstić information content (AvgIpc) is 3.04. The fraction of sp³-hybridized carbons (Fsp3) is 0.429. The van der Waals surface area contributed by atoms with Gasteiger partial charge in [0.25, 0.3) is 10.0 Å². The van der Waals surface area contributed by atoms with Crippen molar-refractivity contribution < 1.29 is 27.5 Å². The van der Waals surface area contributed by atoms with E-state index >= 15 is 0 Å². The lowest BCUT2D eigenvalue weighted by atomic mass is 9.95. The highest BCUT2D eigenvalue weighted by Crippen LogP contribution is 2.36. The van der Waals surface area contributed by atoms with Gasteiger partial charge in [0, 0.05) is 18.7 Å². The summed E-state index contributed by atoms with van der Waals surface area (Å²) in [5.41, 5.74) is 2.96. The molecular formula is C35H45N3O6S. The first-order chi connectivity index (χ1) is 21.6. The third kappa shape index (κ3) is 8.36. The minimum Gasteiger partial charge on any atom is -0.497 e. The maximum absolute atomic E-state index is 14.4. The summed E-state index contributed by atoms with van der Waals surface area (Å²) in [5, 5.41) is 3.18. The highest BCUT2D eigenvalue weighted by Gasteiger charge is 2.35. The van der Waals surface area contributed by atoms with Gasteiger partial charge in [-0.05, 0) is 62.9 Å². The first kappa shape index (κ1) is 33.8. The monoisotopic (exact) mass is 635 g/mol. The van der Waals surface area contributed by atoms with Crippen molar-refractivity contribution in [1.82, 2.24) is 10.2 Å². The summed E-state index contributed by atoms with van der Waals surface area (Å²) < 4.78 is 40.6. The molecule has 9 nitrogen and oxygen atoms in total. The van der Waals surface area contributed by atoms with Crippen molar-refractivity contribution in [3.05, 3.63) is 83.4 Å². The minimum atomic E-state index is -4.26. The Hall–Kier alpha value is -4.05. The van der Waals surface area contributed by atoms with E-state index in [0.29, 0.717) is 12.2 Å². The molecule has 1 aliphatic rings. The molecule has 0 bridgehead atoms. The number of aryl methyl sites for hydroxylation is 2. The number of anilines is 1. The lowest BCUT2D eigenvalue weighted by Crippen LogP contribution is -2.54. The van der Waals surface area contributed by atoms with E-state index in [-0.39, 0.29) is 34.8 Å². The minimum absolute atomic E-state index is 0.0259. The highest BCUT2D eigenvalue weighted by atomic mass is 32.2. The molecule has 0 saturated heterocycles. The van der Waals surface area contributed by atoms with Gasteiger partial charge in [0.05, 0.1) is 24.8 Å². The van der Waals surface area contributed by atoms with Crippen LogP contribution >= 0.6 is 0 Å². The molecule has 2 amide bonds. The van der Waals surface area contributed by atoms with E-state index in [0.717, 1.165) is 53.1 Å². The van der Waals surface area contributed by atoms with Crippen molar-refractivity contribution in [3.8, 4) is 11.5 Å². The predicted octanol–water partition coefficient (Wildman–Crippen LogP) is 5.77. The third-order valence-electron chi connectivity index (χ3n) is 8.35. The van der Waals surface area contributed by atoms with Gasteiger partial charge < -0.3 is 19.7 Å². The summed E-state index contributed by atoms with van der Waals surface area (Å²) >= 11 is 0. The zero-order valence-electron chi connectivity index (χ0n) is 26.9. The van der Waals surface area contributed by atoms with Gasteiger partial charge in [0.2, 0.25) is 11.8 Å². The van der Waals surface area contributed by atoms with Crippen LogP contribution < -0.4 is 19.1 Å². The Balaban J connectivity index is 1.77. The van der Waals surface area contributed by atoms with E-state index in [1.54, 1.807) is 24.3 Å². The second-order valence-electron chi connectivity index (χ2n) is 11.6. The van der Waals surface area contributed by atoms with Gasteiger partial charge in [-0.3, -0.25) is 13.9 Å². The van der Waals surface area contributed by atoms with Gasteiger partial charge in [0.15, 0.2) is 0 Å². The van der Waals surface area contributed by atoms with Gasteiger partial charge in [-0.15, -0.1) is 0 Å². The molecule has 0 radical (unpaired) electrons. The number of nitrogens with one attached hydrogen (secondary N) is 1. The normalized spacial score (nSPS) is 14.3. The summed E-state index contributed by atoms with van der Waals surface area (Å²) in [4.78, 5) is 29.7. The van der Waals surface area contributed by atoms with Gasteiger partial charge in [-0.25, -0.2) is 8.42 Å². The van der Waals surface area contributed by atoms with Gasteiger partial charge >= 0.3 is 0 Å². The van der Waals surface area contributed by atoms with Crippen LogP contribution in [0.15, 0.2) is 71.6 Å². The standard InChI is InChI=1S/C35H45N3O6S/c1-6-31(35(40)36-28-10-8-7-9-11-28)37(23-27-16-12-25(2)13-17-27)34(39)24-38(32-22-29(43-4)18-21-33(32)44-5)45(41,42)30-19-14-26(3)15-20-30/h12-22,28,31H,6-11,23-24H2,1-5H3,(H,36,40). The fourth-order valence-electron chi connectivity index (χ4n) is 5.70. The number of rotatable bonds is 13. The number of carbonyl (C=O) groups is 2. The third-order valence-corrected chi connectivity index (χ3v) is 10.1. The van der Waals surface area contributed by atoms with E-state index in [9.17, 15) is 18.0 Å². The van der Waals surface area contributed by atoms with Crippen molar-refractivity contribution in [2.24, 2.45) is 0 Å². The SMILES string of the molecule is CCC(C(=O)NC1CCCCC1)N(Cc1ccc(C)cc1)C(=O)CN(c1cc(OC)ccc1OC)S(=O)(=O)c1ccc(C)cc1. The smallest absolute Gasteiger partial charge is 0.264 e. The first-order valence-electron chi connectivity index (χ1n) is 15.5. The van der Waals surface area contributed by atoms with Gasteiger partial charge in [-0.1, -0.05) is 73.7 Å². The van der Waals surface area contributed by atoms with Crippen LogP contribution in [0.3, 0.4) is 0 Å². The Labute approximate surface area is 267 Å². The largest absolute Gasteiger partial charge is 0.497 e. The van der Waals surface area contributed by atoms with Crippen molar-refractivity contribution in [1.29, 1.82) is 0 Å². The van der Waals surface area contributed by atoms with Crippen LogP contribution in [0.1, 0.15) is 62.1 Å². The Morgan fingerprint density at radius 1 is 0.889 bits per heavy atom. The summed E-state index contributed by atoms with van der Waals surface area (Å²) in [5.74, 6) is -0.0813. The highest BCUT2D eigenvalue weighted by molar-refractivity contribution is 7.92. The van der Waals surface area contributed by atoms with Crippen molar-refractivity contribution in [2.45, 2.75) is 82.8 Å². The molecular weight excluding hydrogens is 590 g/mol. The summed E-state index contributed by atoms with van der Waals surface area (Å²) in [6.45, 7) is 5.30. The number of sulfonamides is 1. The Bertz CT molecular complexity index is 1550. The number of ether oxygens (including phenoxy) is 2. The molecule has 3 aromatic rings. The van der Waals surface area contributed by atoms with Crippen LogP contribution in [-0.2, 0) is 26.2 Å². The molecule has 3 aromatic carbocycles. The number of hydrogen-bond donors (Lipinski definition) is 1. The predicted molar refractivity (Wildman–Crippen MR) is 176 cm³/mol. The zero-order chi connectivity index (χ0) is 32.6. The van der Waals surface area contributed by atoms with Crippen molar-refractivity contribution in [2.75, 3.05) is 25.1 Å². The van der Waals surface area contributed by atoms with Crippen LogP contribution in [0.5, 0.6) is 11.5 Å². The average molecular weight is 636 g/mol. The molecule has 45 heavy (non-hydrogen) atoms. The molecule has 0 aliphatic heterocycles. The van der Waals surface area contributed by atoms with Crippen molar-refractivity contribution >= 4 is 27.5 Å². The number of methoxy groups -OCH3 is 2. The molecule has 0 heterocycles. The number of hydrogen-bond acceptors (Lipinski definition) is 6. The quantitative estimate of drug-likeness (QED) is 0.256. The maximum Gasteiger partial charge on any atom is 0.264 e. The fourth-order valence-corrected chi connectivity index (χ4v) is 7.11. The summed E-state index contributed by atoms with van der Waals surface area (Å²) in [7, 11) is -1.34. The lowest BCUT2D eigenvalue weighted by molar-refractivity contribution is -0.140. The number of amides is 2. The lowest BCUT2D eigenvalue weighted by Gasteiger charge is -2.34. The van der Waals surface area contributed by atoms with Crippen LogP contribution in [0.2, 0.25) is 0 Å². The van der Waals surface area contributed by atoms with Crippen LogP contribution in [0.4, 0.5) is 5.69 Å². The van der Waals surface area contributed by atoms with E-state index in [1.807, 2.05) is 45.0 Å². The molecule has 0 spiro atoms. The van der Waals surface area contributed by atoms with Crippen LogP contribution in [0.25, 0.3) is 0 Å². The first-order valence-corrected chi connectivity index (χ1v) is 17.0. The topological polar surface area (TPSA) is 105 Å². The molecule has 1 aliphatic carbocycles.